The Morgan fingerprint density at radius 2 is 2.07 bits per heavy atom. The van der Waals surface area contributed by atoms with Crippen molar-refractivity contribution in [3.05, 3.63) is 21.9 Å². The van der Waals surface area contributed by atoms with Crippen molar-refractivity contribution in [3.63, 3.8) is 0 Å². The first-order valence-electron chi connectivity index (χ1n) is 4.30. The van der Waals surface area contributed by atoms with Crippen LogP contribution in [0.3, 0.4) is 0 Å². The third kappa shape index (κ3) is 1.24. The van der Waals surface area contributed by atoms with E-state index in [4.69, 9.17) is 5.11 Å². The average Bonchev–Trinajstić information content (AvgIpc) is 2.73. The molecule has 76 valence electrons. The average molecular weight is 254 g/mol. The molecule has 0 radical (unpaired) electrons. The van der Waals surface area contributed by atoms with E-state index in [2.05, 4.69) is 13.0 Å². The predicted octanol–water partition coefficient (Wildman–Crippen LogP) is 4.18. The predicted molar refractivity (Wildman–Crippen MR) is 66.8 cm³/mol. The second-order valence-corrected chi connectivity index (χ2v) is 6.45. The Balaban J connectivity index is 2.46. The number of rotatable bonds is 1. The van der Waals surface area contributed by atoms with Crippen molar-refractivity contribution in [1.29, 1.82) is 0 Å². The molecule has 5 heteroatoms. The van der Waals surface area contributed by atoms with E-state index in [9.17, 15) is 4.79 Å². The van der Waals surface area contributed by atoms with Gasteiger partial charge < -0.3 is 5.11 Å². The topological polar surface area (TPSA) is 37.3 Å². The van der Waals surface area contributed by atoms with Crippen molar-refractivity contribution >= 4 is 58.8 Å². The molecule has 3 aromatic heterocycles. The first kappa shape index (κ1) is 9.33. The zero-order valence-corrected chi connectivity index (χ0v) is 10.2. The van der Waals surface area contributed by atoms with Gasteiger partial charge in [-0.05, 0) is 13.0 Å². The highest BCUT2D eigenvalue weighted by Crippen LogP contribution is 2.43. The normalized spacial score (nSPS) is 11.5. The molecule has 0 aliphatic rings. The molecule has 0 aliphatic carbocycles. The van der Waals surface area contributed by atoms with E-state index in [1.54, 1.807) is 28.1 Å². The molecule has 3 rings (SSSR count). The molecule has 0 atom stereocenters. The Hall–Kier alpha value is -0.910. The Kier molecular flexibility index (Phi) is 1.89. The second-order valence-electron chi connectivity index (χ2n) is 3.27. The molecular weight excluding hydrogens is 248 g/mol. The van der Waals surface area contributed by atoms with E-state index in [0.717, 1.165) is 9.40 Å². The number of hydrogen-bond acceptors (Lipinski definition) is 4. The van der Waals surface area contributed by atoms with Crippen molar-refractivity contribution < 1.29 is 9.90 Å². The summed E-state index contributed by atoms with van der Waals surface area (Å²) in [5.41, 5.74) is 0.445. The summed E-state index contributed by atoms with van der Waals surface area (Å²) in [5, 5.41) is 10.7. The summed E-state index contributed by atoms with van der Waals surface area (Å²) in [6.45, 7) is 2.08. The quantitative estimate of drug-likeness (QED) is 0.707. The SMILES string of the molecule is Cc1cc2sc3c(C(=O)O)csc3c2s1. The minimum Gasteiger partial charge on any atom is -0.478 e. The number of hydrogen-bond donors (Lipinski definition) is 1. The fourth-order valence-corrected chi connectivity index (χ4v) is 5.50. The van der Waals surface area contributed by atoms with Gasteiger partial charge in [0.25, 0.3) is 0 Å². The maximum Gasteiger partial charge on any atom is 0.338 e. The summed E-state index contributed by atoms with van der Waals surface area (Å²) >= 11 is 4.86. The molecule has 0 spiro atoms. The molecule has 0 aliphatic heterocycles. The van der Waals surface area contributed by atoms with E-state index >= 15 is 0 Å². The maximum atomic E-state index is 11.0. The first-order chi connectivity index (χ1) is 7.16. The minimum atomic E-state index is -0.827. The van der Waals surface area contributed by atoms with Gasteiger partial charge >= 0.3 is 5.97 Å². The van der Waals surface area contributed by atoms with Crippen LogP contribution in [0.15, 0.2) is 11.4 Å². The van der Waals surface area contributed by atoms with Crippen LogP contribution in [0.25, 0.3) is 18.8 Å². The van der Waals surface area contributed by atoms with Crippen LogP contribution < -0.4 is 0 Å². The van der Waals surface area contributed by atoms with Gasteiger partial charge in [-0.3, -0.25) is 0 Å². The standard InChI is InChI=1S/C10H6O2S3/c1-4-2-6-8(14-4)9-7(15-6)5(3-13-9)10(11)12/h2-3H,1H3,(H,11,12). The van der Waals surface area contributed by atoms with E-state index in [0.29, 0.717) is 5.56 Å². The molecule has 0 fully saturated rings. The summed E-state index contributed by atoms with van der Waals surface area (Å²) in [4.78, 5) is 12.2. The second kappa shape index (κ2) is 3.04. The number of carboxylic acid groups (broad SMARTS) is 1. The van der Waals surface area contributed by atoms with Gasteiger partial charge in [-0.1, -0.05) is 0 Å². The van der Waals surface area contributed by atoms with Crippen LogP contribution in [0.5, 0.6) is 0 Å². The molecule has 2 nitrogen and oxygen atoms in total. The molecule has 3 heterocycles. The monoisotopic (exact) mass is 254 g/mol. The fraction of sp³-hybridized carbons (Fsp3) is 0.100. The lowest BCUT2D eigenvalue weighted by Crippen LogP contribution is -1.91. The van der Waals surface area contributed by atoms with E-state index in [1.807, 2.05) is 0 Å². The van der Waals surface area contributed by atoms with E-state index in [-0.39, 0.29) is 0 Å². The lowest BCUT2D eigenvalue weighted by molar-refractivity contribution is 0.0699. The molecule has 1 N–H and O–H groups in total. The summed E-state index contributed by atoms with van der Waals surface area (Å²) in [6, 6.07) is 2.13. The number of aryl methyl sites for hydroxylation is 1. The smallest absolute Gasteiger partial charge is 0.338 e. The molecule has 0 amide bonds. The third-order valence-corrected chi connectivity index (χ3v) is 5.84. The Bertz CT molecular complexity index is 671. The van der Waals surface area contributed by atoms with Crippen LogP contribution in [0.2, 0.25) is 0 Å². The zero-order chi connectivity index (χ0) is 10.6. The van der Waals surface area contributed by atoms with Gasteiger partial charge in [-0.15, -0.1) is 34.0 Å². The molecule has 3 aromatic rings. The van der Waals surface area contributed by atoms with Crippen molar-refractivity contribution in [2.75, 3.05) is 0 Å². The van der Waals surface area contributed by atoms with Crippen molar-refractivity contribution in [2.45, 2.75) is 6.92 Å². The Labute approximate surface area is 97.4 Å². The van der Waals surface area contributed by atoms with Gasteiger partial charge in [0, 0.05) is 15.0 Å². The maximum absolute atomic E-state index is 11.0. The molecule has 0 aromatic carbocycles. The number of carboxylic acids is 1. The summed E-state index contributed by atoms with van der Waals surface area (Å²) in [6.07, 6.45) is 0. The molecular formula is C10H6O2S3. The molecule has 0 unspecified atom stereocenters. The van der Waals surface area contributed by atoms with Gasteiger partial charge in [-0.25, -0.2) is 4.79 Å². The van der Waals surface area contributed by atoms with Crippen LogP contribution in [-0.4, -0.2) is 11.1 Å². The van der Waals surface area contributed by atoms with E-state index in [1.165, 1.54) is 25.6 Å². The van der Waals surface area contributed by atoms with Gasteiger partial charge in [0.1, 0.15) is 0 Å². The van der Waals surface area contributed by atoms with Crippen LogP contribution in [0.4, 0.5) is 0 Å². The highest BCUT2D eigenvalue weighted by molar-refractivity contribution is 7.38. The Morgan fingerprint density at radius 1 is 1.27 bits per heavy atom. The zero-order valence-electron chi connectivity index (χ0n) is 7.73. The largest absolute Gasteiger partial charge is 0.478 e. The van der Waals surface area contributed by atoms with Crippen LogP contribution >= 0.6 is 34.0 Å². The van der Waals surface area contributed by atoms with E-state index < -0.39 is 5.97 Å². The van der Waals surface area contributed by atoms with Crippen LogP contribution in [0, 0.1) is 6.92 Å². The summed E-state index contributed by atoms with van der Waals surface area (Å²) in [5.74, 6) is -0.827. The van der Waals surface area contributed by atoms with Gasteiger partial charge in [0.05, 0.1) is 19.7 Å². The summed E-state index contributed by atoms with van der Waals surface area (Å²) in [7, 11) is 0. The molecule has 0 saturated heterocycles. The van der Waals surface area contributed by atoms with Crippen molar-refractivity contribution in [1.82, 2.24) is 0 Å². The number of carbonyl (C=O) groups is 1. The highest BCUT2D eigenvalue weighted by atomic mass is 32.1. The van der Waals surface area contributed by atoms with Crippen LogP contribution in [-0.2, 0) is 0 Å². The number of aromatic carboxylic acids is 1. The van der Waals surface area contributed by atoms with Crippen LogP contribution in [0.1, 0.15) is 15.2 Å². The number of fused-ring (bicyclic) bond motifs is 3. The summed E-state index contributed by atoms with van der Waals surface area (Å²) < 4.78 is 4.51. The van der Waals surface area contributed by atoms with Crippen molar-refractivity contribution in [3.8, 4) is 0 Å². The lowest BCUT2D eigenvalue weighted by Gasteiger charge is -1.84. The van der Waals surface area contributed by atoms with Gasteiger partial charge in [0.15, 0.2) is 0 Å². The first-order valence-corrected chi connectivity index (χ1v) is 6.81. The molecule has 15 heavy (non-hydrogen) atoms. The fourth-order valence-electron chi connectivity index (χ4n) is 1.59. The highest BCUT2D eigenvalue weighted by Gasteiger charge is 2.16. The number of thiophene rings is 3. The molecule has 0 saturated carbocycles. The van der Waals surface area contributed by atoms with Gasteiger partial charge in [-0.2, -0.15) is 0 Å². The van der Waals surface area contributed by atoms with Crippen molar-refractivity contribution in [2.24, 2.45) is 0 Å². The lowest BCUT2D eigenvalue weighted by atomic mass is 10.3. The minimum absolute atomic E-state index is 0.445. The Morgan fingerprint density at radius 3 is 2.80 bits per heavy atom. The third-order valence-electron chi connectivity index (χ3n) is 2.22. The van der Waals surface area contributed by atoms with Gasteiger partial charge in [0.2, 0.25) is 0 Å². The molecule has 0 bridgehead atoms.